The summed E-state index contributed by atoms with van der Waals surface area (Å²) in [6, 6.07) is 1.85. The molecular weight excluding hydrogens is 256 g/mol. The van der Waals surface area contributed by atoms with Crippen LogP contribution in [0.2, 0.25) is 0 Å². The monoisotopic (exact) mass is 274 g/mol. The first-order chi connectivity index (χ1) is 9.70. The Bertz CT molecular complexity index is 562. The molecule has 2 rings (SSSR count). The van der Waals surface area contributed by atoms with E-state index in [0.717, 1.165) is 18.7 Å². The Balaban J connectivity index is 1.90. The zero-order valence-electron chi connectivity index (χ0n) is 11.6. The molecule has 2 aromatic rings. The summed E-state index contributed by atoms with van der Waals surface area (Å²) >= 11 is 0. The van der Waals surface area contributed by atoms with Crippen LogP contribution in [0, 0.1) is 0 Å². The Hall–Kier alpha value is -2.44. The fourth-order valence-corrected chi connectivity index (χ4v) is 1.63. The highest BCUT2D eigenvalue weighted by molar-refractivity contribution is 5.91. The molecule has 0 aromatic carbocycles. The highest BCUT2D eigenvalue weighted by Crippen LogP contribution is 2.02. The molecule has 0 saturated heterocycles. The average molecular weight is 274 g/mol. The van der Waals surface area contributed by atoms with Crippen LogP contribution in [0.3, 0.4) is 0 Å². The van der Waals surface area contributed by atoms with Gasteiger partial charge in [0.1, 0.15) is 11.5 Å². The van der Waals surface area contributed by atoms with Gasteiger partial charge < -0.3 is 10.6 Å². The van der Waals surface area contributed by atoms with Crippen LogP contribution < -0.4 is 10.6 Å². The molecule has 2 aromatic heterocycles. The summed E-state index contributed by atoms with van der Waals surface area (Å²) in [4.78, 5) is 20.2. The number of amides is 1. The molecule has 1 amide bonds. The third-order valence-corrected chi connectivity index (χ3v) is 2.79. The van der Waals surface area contributed by atoms with E-state index in [1.54, 1.807) is 17.1 Å². The fourth-order valence-electron chi connectivity index (χ4n) is 1.63. The maximum Gasteiger partial charge on any atom is 0.271 e. The summed E-state index contributed by atoms with van der Waals surface area (Å²) < 4.78 is 1.71. The van der Waals surface area contributed by atoms with Gasteiger partial charge in [0, 0.05) is 19.8 Å². The van der Waals surface area contributed by atoms with Gasteiger partial charge in [-0.1, -0.05) is 6.92 Å². The normalized spacial score (nSPS) is 10.3. The van der Waals surface area contributed by atoms with Crippen molar-refractivity contribution in [3.8, 4) is 0 Å². The summed E-state index contributed by atoms with van der Waals surface area (Å²) in [5.74, 6) is 0.427. The zero-order valence-corrected chi connectivity index (χ0v) is 11.6. The maximum atomic E-state index is 11.9. The first-order valence-electron chi connectivity index (χ1n) is 6.51. The van der Waals surface area contributed by atoms with Crippen molar-refractivity contribution in [2.45, 2.75) is 19.9 Å². The average Bonchev–Trinajstić information content (AvgIpc) is 2.88. The van der Waals surface area contributed by atoms with E-state index in [9.17, 15) is 4.79 Å². The molecule has 0 radical (unpaired) electrons. The van der Waals surface area contributed by atoms with Gasteiger partial charge in [0.05, 0.1) is 24.6 Å². The summed E-state index contributed by atoms with van der Waals surface area (Å²) in [5.41, 5.74) is 1.22. The van der Waals surface area contributed by atoms with Crippen molar-refractivity contribution in [1.82, 2.24) is 25.1 Å². The Morgan fingerprint density at radius 3 is 2.80 bits per heavy atom. The standard InChI is InChI=1S/C13H18N6O/c1-3-5-14-12-9-15-11(8-16-12)13(20)17-7-10-4-6-18-19(10)2/h4,6,8-9H,3,5,7H2,1-2H3,(H,14,16)(H,17,20). The molecule has 7 heteroatoms. The number of carbonyl (C=O) groups is 1. The van der Waals surface area contributed by atoms with Crippen LogP contribution in [0.25, 0.3) is 0 Å². The Labute approximate surface area is 117 Å². The van der Waals surface area contributed by atoms with Crippen molar-refractivity contribution < 1.29 is 4.79 Å². The number of anilines is 1. The topological polar surface area (TPSA) is 84.7 Å². The van der Waals surface area contributed by atoms with Crippen LogP contribution in [-0.4, -0.2) is 32.2 Å². The maximum absolute atomic E-state index is 11.9. The largest absolute Gasteiger partial charge is 0.369 e. The van der Waals surface area contributed by atoms with Crippen LogP contribution in [0.15, 0.2) is 24.7 Å². The molecule has 0 saturated carbocycles. The minimum atomic E-state index is -0.249. The molecule has 7 nitrogen and oxygen atoms in total. The predicted octanol–water partition coefficient (Wildman–Crippen LogP) is 0.962. The van der Waals surface area contributed by atoms with Crippen molar-refractivity contribution in [2.24, 2.45) is 7.05 Å². The second-order valence-electron chi connectivity index (χ2n) is 4.34. The molecule has 0 aliphatic carbocycles. The zero-order chi connectivity index (χ0) is 14.4. The first-order valence-corrected chi connectivity index (χ1v) is 6.51. The smallest absolute Gasteiger partial charge is 0.271 e. The highest BCUT2D eigenvalue weighted by Gasteiger charge is 2.08. The number of nitrogens with zero attached hydrogens (tertiary/aromatic N) is 4. The van der Waals surface area contributed by atoms with Gasteiger partial charge in [-0.15, -0.1) is 0 Å². The molecule has 0 aliphatic heterocycles. The van der Waals surface area contributed by atoms with E-state index in [-0.39, 0.29) is 5.91 Å². The van der Waals surface area contributed by atoms with Crippen molar-refractivity contribution >= 4 is 11.7 Å². The lowest BCUT2D eigenvalue weighted by molar-refractivity contribution is 0.0944. The number of aryl methyl sites for hydroxylation is 1. The van der Waals surface area contributed by atoms with Gasteiger partial charge in [-0.2, -0.15) is 5.10 Å². The minimum Gasteiger partial charge on any atom is -0.369 e. The molecule has 2 heterocycles. The van der Waals surface area contributed by atoms with Crippen LogP contribution in [0.5, 0.6) is 0 Å². The summed E-state index contributed by atoms with van der Waals surface area (Å²) in [7, 11) is 1.83. The molecule has 0 aliphatic rings. The molecule has 0 fully saturated rings. The van der Waals surface area contributed by atoms with E-state index < -0.39 is 0 Å². The van der Waals surface area contributed by atoms with E-state index in [1.165, 1.54) is 6.20 Å². The third-order valence-electron chi connectivity index (χ3n) is 2.79. The molecule has 0 atom stereocenters. The molecule has 2 N–H and O–H groups in total. The number of nitrogens with one attached hydrogen (secondary N) is 2. The summed E-state index contributed by atoms with van der Waals surface area (Å²) in [6.07, 6.45) is 5.73. The van der Waals surface area contributed by atoms with Gasteiger partial charge in [-0.05, 0) is 12.5 Å². The van der Waals surface area contributed by atoms with Gasteiger partial charge >= 0.3 is 0 Å². The SMILES string of the molecule is CCCNc1cnc(C(=O)NCc2ccnn2C)cn1. The quantitative estimate of drug-likeness (QED) is 0.819. The summed E-state index contributed by atoms with van der Waals surface area (Å²) in [6.45, 7) is 3.31. The van der Waals surface area contributed by atoms with Crippen LogP contribution in [0.1, 0.15) is 29.5 Å². The lowest BCUT2D eigenvalue weighted by Crippen LogP contribution is -2.25. The fraction of sp³-hybridized carbons (Fsp3) is 0.385. The molecule has 0 spiro atoms. The van der Waals surface area contributed by atoms with Crippen molar-refractivity contribution in [3.05, 3.63) is 36.0 Å². The highest BCUT2D eigenvalue weighted by atomic mass is 16.1. The molecule has 106 valence electrons. The number of carbonyl (C=O) groups excluding carboxylic acids is 1. The molecule has 20 heavy (non-hydrogen) atoms. The Kier molecular flexibility index (Phi) is 4.65. The van der Waals surface area contributed by atoms with E-state index in [1.807, 2.05) is 13.1 Å². The Morgan fingerprint density at radius 2 is 2.20 bits per heavy atom. The van der Waals surface area contributed by atoms with Crippen LogP contribution in [0.4, 0.5) is 5.82 Å². The number of rotatable bonds is 6. The van der Waals surface area contributed by atoms with Gasteiger partial charge in [-0.3, -0.25) is 9.48 Å². The minimum absolute atomic E-state index is 0.249. The van der Waals surface area contributed by atoms with Crippen molar-refractivity contribution in [3.63, 3.8) is 0 Å². The van der Waals surface area contributed by atoms with Crippen LogP contribution in [-0.2, 0) is 13.6 Å². The number of aromatic nitrogens is 4. The Morgan fingerprint density at radius 1 is 1.35 bits per heavy atom. The van der Waals surface area contributed by atoms with Gasteiger partial charge in [-0.25, -0.2) is 9.97 Å². The lowest BCUT2D eigenvalue weighted by Gasteiger charge is -2.06. The summed E-state index contributed by atoms with van der Waals surface area (Å²) in [5, 5.41) is 9.92. The van der Waals surface area contributed by atoms with Crippen molar-refractivity contribution in [2.75, 3.05) is 11.9 Å². The van der Waals surface area contributed by atoms with Gasteiger partial charge in [0.2, 0.25) is 0 Å². The van der Waals surface area contributed by atoms with Gasteiger partial charge in [0.15, 0.2) is 0 Å². The molecule has 0 unspecified atom stereocenters. The second kappa shape index (κ2) is 6.65. The van der Waals surface area contributed by atoms with Crippen LogP contribution >= 0.6 is 0 Å². The molecular formula is C13H18N6O. The second-order valence-corrected chi connectivity index (χ2v) is 4.34. The van der Waals surface area contributed by atoms with Gasteiger partial charge in [0.25, 0.3) is 5.91 Å². The lowest BCUT2D eigenvalue weighted by atomic mass is 10.3. The third kappa shape index (κ3) is 3.53. The van der Waals surface area contributed by atoms with E-state index in [4.69, 9.17) is 0 Å². The first kappa shape index (κ1) is 14.0. The molecule has 0 bridgehead atoms. The van der Waals surface area contributed by atoms with E-state index in [2.05, 4.69) is 32.6 Å². The van der Waals surface area contributed by atoms with E-state index in [0.29, 0.717) is 18.1 Å². The van der Waals surface area contributed by atoms with Crippen molar-refractivity contribution in [1.29, 1.82) is 0 Å². The van der Waals surface area contributed by atoms with E-state index >= 15 is 0 Å². The number of hydrogen-bond acceptors (Lipinski definition) is 5. The predicted molar refractivity (Wildman–Crippen MR) is 75.2 cm³/mol. The number of hydrogen-bond donors (Lipinski definition) is 2.